The second-order valence-corrected chi connectivity index (χ2v) is 11.2. The van der Waals surface area contributed by atoms with E-state index < -0.39 is 15.9 Å². The number of hydrogen-bond acceptors (Lipinski definition) is 8. The molecule has 8 nitrogen and oxygen atoms in total. The molecule has 0 saturated carbocycles. The van der Waals surface area contributed by atoms with Gasteiger partial charge in [0.05, 0.1) is 31.0 Å². The Labute approximate surface area is 197 Å². The summed E-state index contributed by atoms with van der Waals surface area (Å²) in [5.74, 6) is 0.0757. The van der Waals surface area contributed by atoms with Gasteiger partial charge in [-0.15, -0.1) is 0 Å². The quantitative estimate of drug-likeness (QED) is 0.514. The van der Waals surface area contributed by atoms with Crippen LogP contribution in [0.25, 0.3) is 0 Å². The van der Waals surface area contributed by atoms with Gasteiger partial charge < -0.3 is 9.64 Å². The van der Waals surface area contributed by atoms with Crippen molar-refractivity contribution in [2.24, 2.45) is 0 Å². The summed E-state index contributed by atoms with van der Waals surface area (Å²) in [7, 11) is -3.73. The molecule has 2 aromatic carbocycles. The van der Waals surface area contributed by atoms with E-state index >= 15 is 0 Å². The third-order valence-electron chi connectivity index (χ3n) is 4.70. The molecule has 0 radical (unpaired) electrons. The highest BCUT2D eigenvalue weighted by Crippen LogP contribution is 2.37. The number of hydrogen-bond donors (Lipinski definition) is 1. The van der Waals surface area contributed by atoms with Crippen LogP contribution in [0.5, 0.6) is 5.75 Å². The summed E-state index contributed by atoms with van der Waals surface area (Å²) in [6.45, 7) is 1.11. The molecule has 0 spiro atoms. The zero-order valence-electron chi connectivity index (χ0n) is 16.8. The van der Waals surface area contributed by atoms with Crippen molar-refractivity contribution < 1.29 is 17.9 Å². The number of rotatable bonds is 6. The van der Waals surface area contributed by atoms with Crippen molar-refractivity contribution in [1.29, 1.82) is 5.26 Å². The van der Waals surface area contributed by atoms with Crippen LogP contribution in [0.3, 0.4) is 0 Å². The molecule has 1 aromatic heterocycles. The predicted octanol–water partition coefficient (Wildman–Crippen LogP) is 3.74. The Balaban J connectivity index is 1.71. The lowest BCUT2D eigenvalue weighted by Crippen LogP contribution is -2.30. The summed E-state index contributed by atoms with van der Waals surface area (Å²) in [5.41, 5.74) is 3.44. The summed E-state index contributed by atoms with van der Waals surface area (Å²) in [6, 6.07) is 15.1. The van der Waals surface area contributed by atoms with Gasteiger partial charge in [-0.1, -0.05) is 23.5 Å². The Kier molecular flexibility index (Phi) is 6.19. The number of carbonyl (C=O) groups is 1. The molecule has 1 aliphatic heterocycles. The van der Waals surface area contributed by atoms with E-state index in [9.17, 15) is 13.2 Å². The monoisotopic (exact) mass is 532 g/mol. The van der Waals surface area contributed by atoms with Crippen LogP contribution in [0.1, 0.15) is 27.2 Å². The van der Waals surface area contributed by atoms with Crippen LogP contribution in [0.15, 0.2) is 46.3 Å². The van der Waals surface area contributed by atoms with Gasteiger partial charge in [-0.05, 0) is 57.4 Å². The van der Waals surface area contributed by atoms with E-state index in [0.717, 1.165) is 35.2 Å². The molecule has 0 atom stereocenters. The van der Waals surface area contributed by atoms with Gasteiger partial charge in [0.2, 0.25) is 10.0 Å². The van der Waals surface area contributed by atoms with Gasteiger partial charge in [0.15, 0.2) is 10.8 Å². The fourth-order valence-electron chi connectivity index (χ4n) is 3.27. The topological polar surface area (TPSA) is 112 Å². The van der Waals surface area contributed by atoms with E-state index in [1.54, 1.807) is 24.3 Å². The van der Waals surface area contributed by atoms with Crippen molar-refractivity contribution in [2.75, 3.05) is 17.8 Å². The van der Waals surface area contributed by atoms with Gasteiger partial charge in [0, 0.05) is 12.1 Å². The molecule has 1 aliphatic rings. The molecule has 1 N–H and O–H groups in total. The number of amides is 1. The molecule has 11 heteroatoms. The highest BCUT2D eigenvalue weighted by molar-refractivity contribution is 9.11. The molecule has 0 bridgehead atoms. The molecule has 3 aromatic rings. The largest absolute Gasteiger partial charge is 0.493 e. The van der Waals surface area contributed by atoms with Gasteiger partial charge in [-0.3, -0.25) is 4.79 Å². The minimum atomic E-state index is -3.73. The Hall–Kier alpha value is -2.94. The van der Waals surface area contributed by atoms with Crippen molar-refractivity contribution in [3.63, 3.8) is 0 Å². The van der Waals surface area contributed by atoms with Crippen molar-refractivity contribution in [3.8, 4) is 11.8 Å². The van der Waals surface area contributed by atoms with Crippen molar-refractivity contribution in [2.45, 2.75) is 13.0 Å². The van der Waals surface area contributed by atoms with Gasteiger partial charge in [0.1, 0.15) is 9.54 Å². The van der Waals surface area contributed by atoms with Crippen LogP contribution in [0.2, 0.25) is 0 Å². The van der Waals surface area contributed by atoms with Gasteiger partial charge in [0.25, 0.3) is 5.91 Å². The third kappa shape index (κ3) is 4.93. The number of nitrogens with one attached hydrogen (secondary N) is 1. The van der Waals surface area contributed by atoms with Crippen LogP contribution in [0, 0.1) is 11.3 Å². The van der Waals surface area contributed by atoms with Crippen LogP contribution in [-0.4, -0.2) is 32.2 Å². The average molecular weight is 533 g/mol. The number of benzene rings is 2. The molecule has 0 aliphatic carbocycles. The van der Waals surface area contributed by atoms with E-state index in [1.807, 2.05) is 21.8 Å². The summed E-state index contributed by atoms with van der Waals surface area (Å²) in [4.78, 5) is 18.7. The molecular weight excluding hydrogens is 516 g/mol. The molecule has 32 heavy (non-hydrogen) atoms. The number of halogens is 1. The third-order valence-corrected chi connectivity index (χ3v) is 6.99. The molecule has 1 amide bonds. The maximum absolute atomic E-state index is 12.4. The maximum atomic E-state index is 12.4. The number of sulfonamides is 1. The standard InChI is InChI=1S/C21H17BrN4O4S2/c1-32(28,29)25-20(27)18-19(22)31-21(24-18)26(16-5-2-13(11-23)3-6-16)12-14-4-7-17-15(10-14)8-9-30-17/h2-7,10H,8-9,12H2,1H3,(H,25,27). The fourth-order valence-corrected chi connectivity index (χ4v) is 5.22. The Morgan fingerprint density at radius 3 is 2.75 bits per heavy atom. The van der Waals surface area contributed by atoms with E-state index in [1.165, 1.54) is 11.3 Å². The number of anilines is 2. The van der Waals surface area contributed by atoms with Gasteiger partial charge in [-0.2, -0.15) is 5.26 Å². The van der Waals surface area contributed by atoms with Gasteiger partial charge >= 0.3 is 0 Å². The first-order valence-electron chi connectivity index (χ1n) is 9.44. The number of nitriles is 1. The normalized spacial score (nSPS) is 12.5. The molecule has 0 saturated heterocycles. The summed E-state index contributed by atoms with van der Waals surface area (Å²) in [6.07, 6.45) is 1.76. The maximum Gasteiger partial charge on any atom is 0.285 e. The van der Waals surface area contributed by atoms with E-state index in [-0.39, 0.29) is 5.69 Å². The molecule has 4 rings (SSSR count). The minimum absolute atomic E-state index is 0.0172. The van der Waals surface area contributed by atoms with Crippen LogP contribution < -0.4 is 14.4 Å². The van der Waals surface area contributed by atoms with Crippen molar-refractivity contribution in [1.82, 2.24) is 9.71 Å². The first kappa shape index (κ1) is 22.3. The predicted molar refractivity (Wildman–Crippen MR) is 125 cm³/mol. The van der Waals surface area contributed by atoms with Crippen LogP contribution in [-0.2, 0) is 23.0 Å². The summed E-state index contributed by atoms with van der Waals surface area (Å²) >= 11 is 4.54. The number of nitrogens with zero attached hydrogens (tertiary/aromatic N) is 3. The molecular formula is C21H17BrN4O4S2. The number of aromatic nitrogens is 1. The Bertz CT molecular complexity index is 1330. The molecule has 2 heterocycles. The Morgan fingerprint density at radius 1 is 1.31 bits per heavy atom. The minimum Gasteiger partial charge on any atom is -0.493 e. The summed E-state index contributed by atoms with van der Waals surface area (Å²) < 4.78 is 30.9. The SMILES string of the molecule is CS(=O)(=O)NC(=O)c1nc(N(Cc2ccc3c(c2)CCO3)c2ccc(C#N)cc2)sc1Br. The lowest BCUT2D eigenvalue weighted by Gasteiger charge is -2.22. The highest BCUT2D eigenvalue weighted by Gasteiger charge is 2.23. The molecule has 0 unspecified atom stereocenters. The van der Waals surface area contributed by atoms with Gasteiger partial charge in [-0.25, -0.2) is 18.1 Å². The first-order valence-corrected chi connectivity index (χ1v) is 12.9. The van der Waals surface area contributed by atoms with E-state index in [2.05, 4.69) is 33.0 Å². The van der Waals surface area contributed by atoms with Crippen molar-refractivity contribution >= 4 is 54.0 Å². The molecule has 164 valence electrons. The number of fused-ring (bicyclic) bond motifs is 1. The fraction of sp³-hybridized carbons (Fsp3) is 0.190. The first-order chi connectivity index (χ1) is 15.2. The lowest BCUT2D eigenvalue weighted by atomic mass is 10.1. The van der Waals surface area contributed by atoms with Crippen LogP contribution >= 0.6 is 27.3 Å². The smallest absolute Gasteiger partial charge is 0.285 e. The van der Waals surface area contributed by atoms with E-state index in [0.29, 0.717) is 27.6 Å². The Morgan fingerprint density at radius 2 is 2.06 bits per heavy atom. The average Bonchev–Trinajstić information content (AvgIpc) is 3.37. The lowest BCUT2D eigenvalue weighted by molar-refractivity contribution is 0.0977. The van der Waals surface area contributed by atoms with E-state index in [4.69, 9.17) is 10.00 Å². The summed E-state index contributed by atoms with van der Waals surface area (Å²) in [5, 5.41) is 9.61. The number of thiazole rings is 1. The van der Waals surface area contributed by atoms with Crippen molar-refractivity contribution in [3.05, 3.63) is 68.6 Å². The zero-order chi connectivity index (χ0) is 22.9. The second-order valence-electron chi connectivity index (χ2n) is 7.11. The number of ether oxygens (including phenoxy) is 1. The number of carbonyl (C=O) groups excluding carboxylic acids is 1. The van der Waals surface area contributed by atoms with Crippen LogP contribution in [0.4, 0.5) is 10.8 Å². The highest BCUT2D eigenvalue weighted by atomic mass is 79.9. The second kappa shape index (κ2) is 8.90. The zero-order valence-corrected chi connectivity index (χ0v) is 20.1. The molecule has 0 fully saturated rings.